The van der Waals surface area contributed by atoms with E-state index in [0.717, 1.165) is 30.2 Å². The van der Waals surface area contributed by atoms with E-state index >= 15 is 0 Å². The Hall–Kier alpha value is -3.40. The molecule has 1 aromatic carbocycles. The molecule has 0 atom stereocenters. The number of amides is 2. The van der Waals surface area contributed by atoms with Gasteiger partial charge < -0.3 is 15.1 Å². The number of aryl methyl sites for hydroxylation is 1. The van der Waals surface area contributed by atoms with Crippen LogP contribution in [0.4, 0.5) is 11.5 Å². The van der Waals surface area contributed by atoms with Crippen molar-refractivity contribution in [1.29, 1.82) is 5.26 Å². The number of hydrogen-bond acceptors (Lipinski definition) is 5. The summed E-state index contributed by atoms with van der Waals surface area (Å²) in [6.45, 7) is 3.46. The highest BCUT2D eigenvalue weighted by molar-refractivity contribution is 5.94. The lowest BCUT2D eigenvalue weighted by Gasteiger charge is -2.33. The van der Waals surface area contributed by atoms with Crippen LogP contribution in [0.1, 0.15) is 24.0 Å². The second-order valence-corrected chi connectivity index (χ2v) is 7.39. The molecule has 1 saturated heterocycles. The average Bonchev–Trinajstić information content (AvgIpc) is 2.75. The van der Waals surface area contributed by atoms with E-state index in [2.05, 4.69) is 21.3 Å². The maximum absolute atomic E-state index is 12.7. The quantitative estimate of drug-likeness (QED) is 0.846. The van der Waals surface area contributed by atoms with Gasteiger partial charge in [-0.25, -0.2) is 4.98 Å². The van der Waals surface area contributed by atoms with Crippen LogP contribution in [0.2, 0.25) is 0 Å². The second kappa shape index (κ2) is 9.20. The minimum Gasteiger partial charge on any atom is -0.357 e. The standard InChI is InChI=1S/C22H25N5O2/c1-16-3-6-19(7-4-16)25-21(28)15-26(2)22(29)18-9-11-27(12-10-18)20-8-5-17(13-23)14-24-20/h3-8,14,18H,9-12,15H2,1-2H3,(H,25,28). The van der Waals surface area contributed by atoms with E-state index in [1.165, 1.54) is 4.90 Å². The number of pyridine rings is 1. The lowest BCUT2D eigenvalue weighted by atomic mass is 9.95. The minimum atomic E-state index is -0.205. The number of rotatable bonds is 5. The number of nitrogens with one attached hydrogen (secondary N) is 1. The molecule has 1 fully saturated rings. The number of aromatic nitrogens is 1. The van der Waals surface area contributed by atoms with Gasteiger partial charge in [0.1, 0.15) is 11.9 Å². The maximum Gasteiger partial charge on any atom is 0.243 e. The zero-order chi connectivity index (χ0) is 20.8. The summed E-state index contributed by atoms with van der Waals surface area (Å²) >= 11 is 0. The van der Waals surface area contributed by atoms with Gasteiger partial charge in [-0.1, -0.05) is 17.7 Å². The van der Waals surface area contributed by atoms with Crippen LogP contribution in [0.25, 0.3) is 0 Å². The van der Waals surface area contributed by atoms with Crippen LogP contribution >= 0.6 is 0 Å². The SMILES string of the molecule is Cc1ccc(NC(=O)CN(C)C(=O)C2CCN(c3ccc(C#N)cn3)CC2)cc1. The summed E-state index contributed by atoms with van der Waals surface area (Å²) < 4.78 is 0. The van der Waals surface area contributed by atoms with Gasteiger partial charge in [-0.3, -0.25) is 9.59 Å². The molecule has 1 N–H and O–H groups in total. The highest BCUT2D eigenvalue weighted by atomic mass is 16.2. The number of carbonyl (C=O) groups excluding carboxylic acids is 2. The van der Waals surface area contributed by atoms with Crippen LogP contribution in [-0.2, 0) is 9.59 Å². The first-order valence-electron chi connectivity index (χ1n) is 9.69. The Morgan fingerprint density at radius 3 is 2.48 bits per heavy atom. The first-order valence-corrected chi connectivity index (χ1v) is 9.69. The molecular formula is C22H25N5O2. The van der Waals surface area contributed by atoms with Crippen molar-refractivity contribution < 1.29 is 9.59 Å². The maximum atomic E-state index is 12.7. The number of piperidine rings is 1. The molecule has 3 rings (SSSR count). The van der Waals surface area contributed by atoms with Crippen molar-refractivity contribution in [3.8, 4) is 6.07 Å². The normalized spacial score (nSPS) is 14.2. The third-order valence-corrected chi connectivity index (χ3v) is 5.14. The lowest BCUT2D eigenvalue weighted by molar-refractivity contribution is -0.137. The van der Waals surface area contributed by atoms with E-state index in [-0.39, 0.29) is 24.3 Å². The van der Waals surface area contributed by atoms with E-state index < -0.39 is 0 Å². The summed E-state index contributed by atoms with van der Waals surface area (Å²) in [5.41, 5.74) is 2.38. The van der Waals surface area contributed by atoms with Gasteiger partial charge in [0.15, 0.2) is 0 Å². The van der Waals surface area contributed by atoms with Gasteiger partial charge in [-0.15, -0.1) is 0 Å². The van der Waals surface area contributed by atoms with E-state index in [9.17, 15) is 9.59 Å². The first kappa shape index (κ1) is 20.3. The molecule has 0 aliphatic carbocycles. The topological polar surface area (TPSA) is 89.3 Å². The fraction of sp³-hybridized carbons (Fsp3) is 0.364. The van der Waals surface area contributed by atoms with Crippen LogP contribution < -0.4 is 10.2 Å². The number of nitrogens with zero attached hydrogens (tertiary/aromatic N) is 4. The Balaban J connectivity index is 1.48. The largest absolute Gasteiger partial charge is 0.357 e. The van der Waals surface area contributed by atoms with E-state index in [0.29, 0.717) is 18.4 Å². The number of nitriles is 1. The van der Waals surface area contributed by atoms with Crippen LogP contribution in [0.5, 0.6) is 0 Å². The molecule has 1 aliphatic rings. The van der Waals surface area contributed by atoms with Crippen molar-refractivity contribution in [2.24, 2.45) is 5.92 Å². The lowest BCUT2D eigenvalue weighted by Crippen LogP contribution is -2.43. The smallest absolute Gasteiger partial charge is 0.243 e. The molecule has 1 aliphatic heterocycles. The predicted molar refractivity (Wildman–Crippen MR) is 111 cm³/mol. The second-order valence-electron chi connectivity index (χ2n) is 7.39. The van der Waals surface area contributed by atoms with Crippen LogP contribution in [0, 0.1) is 24.2 Å². The zero-order valence-electron chi connectivity index (χ0n) is 16.8. The molecule has 2 aromatic rings. The highest BCUT2D eigenvalue weighted by Crippen LogP contribution is 2.23. The minimum absolute atomic E-state index is 0.00325. The van der Waals surface area contributed by atoms with Gasteiger partial charge in [0.05, 0.1) is 12.1 Å². The number of likely N-dealkylation sites (N-methyl/N-ethyl adjacent to an activating group) is 1. The third-order valence-electron chi connectivity index (χ3n) is 5.14. The van der Waals surface area contributed by atoms with Gasteiger partial charge in [-0.2, -0.15) is 5.26 Å². The van der Waals surface area contributed by atoms with Crippen LogP contribution in [-0.4, -0.2) is 48.4 Å². The average molecular weight is 391 g/mol. The predicted octanol–water partition coefficient (Wildman–Crippen LogP) is 2.58. The van der Waals surface area contributed by atoms with Gasteiger partial charge in [0, 0.05) is 37.9 Å². The molecule has 1 aromatic heterocycles. The van der Waals surface area contributed by atoms with Gasteiger partial charge in [0.2, 0.25) is 11.8 Å². The van der Waals surface area contributed by atoms with Crippen molar-refractivity contribution in [3.05, 3.63) is 53.7 Å². The number of benzene rings is 1. The summed E-state index contributed by atoms with van der Waals surface area (Å²) in [6, 6.07) is 13.2. The molecular weight excluding hydrogens is 366 g/mol. The molecule has 7 nitrogen and oxygen atoms in total. The molecule has 29 heavy (non-hydrogen) atoms. The molecule has 2 amide bonds. The molecule has 7 heteroatoms. The molecule has 0 saturated carbocycles. The van der Waals surface area contributed by atoms with Gasteiger partial charge in [-0.05, 0) is 44.0 Å². The molecule has 0 unspecified atom stereocenters. The Morgan fingerprint density at radius 1 is 1.21 bits per heavy atom. The van der Waals surface area contributed by atoms with Crippen molar-refractivity contribution in [1.82, 2.24) is 9.88 Å². The van der Waals surface area contributed by atoms with E-state index in [1.54, 1.807) is 19.3 Å². The first-order chi connectivity index (χ1) is 14.0. The zero-order valence-corrected chi connectivity index (χ0v) is 16.8. The Kier molecular flexibility index (Phi) is 6.45. The van der Waals surface area contributed by atoms with Gasteiger partial charge >= 0.3 is 0 Å². The van der Waals surface area contributed by atoms with E-state index in [4.69, 9.17) is 5.26 Å². The summed E-state index contributed by atoms with van der Waals surface area (Å²) in [6.07, 6.45) is 2.99. The number of carbonyl (C=O) groups is 2. The van der Waals surface area contributed by atoms with Crippen molar-refractivity contribution in [2.75, 3.05) is 36.9 Å². The fourth-order valence-electron chi connectivity index (χ4n) is 3.44. The van der Waals surface area contributed by atoms with Crippen molar-refractivity contribution >= 4 is 23.3 Å². The highest BCUT2D eigenvalue weighted by Gasteiger charge is 2.28. The summed E-state index contributed by atoms with van der Waals surface area (Å²) in [5.74, 6) is 0.517. The summed E-state index contributed by atoms with van der Waals surface area (Å²) in [5, 5.41) is 11.7. The van der Waals surface area contributed by atoms with Crippen LogP contribution in [0.15, 0.2) is 42.6 Å². The number of anilines is 2. The van der Waals surface area contributed by atoms with Gasteiger partial charge in [0.25, 0.3) is 0 Å². The van der Waals surface area contributed by atoms with Crippen molar-refractivity contribution in [2.45, 2.75) is 19.8 Å². The summed E-state index contributed by atoms with van der Waals surface area (Å²) in [7, 11) is 1.67. The number of hydrogen-bond donors (Lipinski definition) is 1. The van der Waals surface area contributed by atoms with Crippen molar-refractivity contribution in [3.63, 3.8) is 0 Å². The molecule has 150 valence electrons. The third kappa shape index (κ3) is 5.32. The Bertz CT molecular complexity index is 894. The monoisotopic (exact) mass is 391 g/mol. The van der Waals surface area contributed by atoms with E-state index in [1.807, 2.05) is 37.3 Å². The molecule has 0 radical (unpaired) electrons. The fourth-order valence-corrected chi connectivity index (χ4v) is 3.44. The Morgan fingerprint density at radius 2 is 1.90 bits per heavy atom. The van der Waals surface area contributed by atoms with Crippen LogP contribution in [0.3, 0.4) is 0 Å². The Labute approximate surface area is 171 Å². The molecule has 2 heterocycles. The summed E-state index contributed by atoms with van der Waals surface area (Å²) in [4.78, 5) is 32.9. The molecule has 0 bridgehead atoms. The molecule has 0 spiro atoms.